The zero-order valence-electron chi connectivity index (χ0n) is 34.3. The fraction of sp³-hybridized carbons (Fsp3) is 0.651. The van der Waals surface area contributed by atoms with Gasteiger partial charge in [-0.25, -0.2) is 18.2 Å². The fourth-order valence-corrected chi connectivity index (χ4v) is 10.6. The first-order valence-corrected chi connectivity index (χ1v) is 22.4. The highest BCUT2D eigenvalue weighted by atomic mass is 32.2. The van der Waals surface area contributed by atoms with Crippen LogP contribution in [-0.4, -0.2) is 100 Å². The SMILES string of the molecule is COc1ccc2nc(C3CC3)c3c(c2c1)CC[C@]1(C[C@H]2C(=O)N[C@]4(C(=O)NS(=O)(=O)C5(C)CC5)C[C@H]4/C=C\CCCCC[C@H](N(CC(C)(C)C)C(=O)O)C(=O)N2C1)O3. The van der Waals surface area contributed by atoms with Crippen LogP contribution >= 0.6 is 0 Å². The Bertz CT molecular complexity index is 2180. The van der Waals surface area contributed by atoms with E-state index in [2.05, 4.69) is 10.0 Å². The third kappa shape index (κ3) is 7.51. The molecule has 6 aliphatic rings. The van der Waals surface area contributed by atoms with Gasteiger partial charge in [0.25, 0.3) is 5.91 Å². The molecule has 3 aliphatic carbocycles. The summed E-state index contributed by atoms with van der Waals surface area (Å²) in [6, 6.07) is 3.62. The Morgan fingerprint density at radius 1 is 1.10 bits per heavy atom. The summed E-state index contributed by atoms with van der Waals surface area (Å²) >= 11 is 0. The predicted octanol–water partition coefficient (Wildman–Crippen LogP) is 5.57. The Labute approximate surface area is 340 Å². The van der Waals surface area contributed by atoms with Crippen molar-refractivity contribution in [3.63, 3.8) is 0 Å². The number of sulfonamides is 1. The lowest BCUT2D eigenvalue weighted by Crippen LogP contribution is -2.59. The molecule has 4 amide bonds. The van der Waals surface area contributed by atoms with Crippen LogP contribution in [0.1, 0.15) is 122 Å². The second-order valence-electron chi connectivity index (χ2n) is 19.1. The van der Waals surface area contributed by atoms with Crippen LogP contribution < -0.4 is 19.5 Å². The van der Waals surface area contributed by atoms with Gasteiger partial charge >= 0.3 is 6.09 Å². The van der Waals surface area contributed by atoms with Crippen LogP contribution in [0, 0.1) is 11.3 Å². The van der Waals surface area contributed by atoms with Crippen LogP contribution in [0.15, 0.2) is 30.4 Å². The number of nitrogens with one attached hydrogen (secondary N) is 2. The van der Waals surface area contributed by atoms with Crippen LogP contribution in [0.2, 0.25) is 0 Å². The highest BCUT2D eigenvalue weighted by molar-refractivity contribution is 7.91. The largest absolute Gasteiger partial charge is 0.497 e. The topological polar surface area (TPSA) is 185 Å². The van der Waals surface area contributed by atoms with Gasteiger partial charge in [0.2, 0.25) is 21.8 Å². The van der Waals surface area contributed by atoms with Crippen molar-refractivity contribution in [2.75, 3.05) is 20.2 Å². The smallest absolute Gasteiger partial charge is 0.407 e. The van der Waals surface area contributed by atoms with E-state index in [9.17, 15) is 27.9 Å². The number of carbonyl (C=O) groups is 4. The van der Waals surface area contributed by atoms with Crippen molar-refractivity contribution in [1.29, 1.82) is 0 Å². The minimum Gasteiger partial charge on any atom is -0.497 e. The quantitative estimate of drug-likeness (QED) is 0.299. The van der Waals surface area contributed by atoms with E-state index in [1.54, 1.807) is 14.0 Å². The molecule has 0 bridgehead atoms. The number of pyridine rings is 1. The fourth-order valence-electron chi connectivity index (χ4n) is 9.25. The molecule has 5 atom stereocenters. The van der Waals surface area contributed by atoms with E-state index in [-0.39, 0.29) is 38.3 Å². The molecule has 58 heavy (non-hydrogen) atoms. The van der Waals surface area contributed by atoms with E-state index in [0.29, 0.717) is 50.0 Å². The first-order chi connectivity index (χ1) is 27.4. The van der Waals surface area contributed by atoms with Crippen LogP contribution in [0.4, 0.5) is 4.79 Å². The molecule has 3 aliphatic heterocycles. The molecule has 1 aromatic carbocycles. The second kappa shape index (κ2) is 14.4. The van der Waals surface area contributed by atoms with Gasteiger partial charge < -0.3 is 24.8 Å². The van der Waals surface area contributed by atoms with E-state index in [1.807, 2.05) is 51.1 Å². The van der Waals surface area contributed by atoms with Crippen molar-refractivity contribution >= 4 is 44.7 Å². The molecule has 3 N–H and O–H groups in total. The zero-order valence-corrected chi connectivity index (χ0v) is 35.1. The maximum absolute atomic E-state index is 15.1. The summed E-state index contributed by atoms with van der Waals surface area (Å²) in [5.41, 5.74) is -0.295. The van der Waals surface area contributed by atoms with E-state index in [1.165, 1.54) is 9.80 Å². The van der Waals surface area contributed by atoms with Gasteiger partial charge in [0.1, 0.15) is 34.7 Å². The average Bonchev–Trinajstić information content (AvgIpc) is 4.10. The van der Waals surface area contributed by atoms with Crippen LogP contribution in [0.5, 0.6) is 11.5 Å². The Morgan fingerprint density at radius 3 is 2.53 bits per heavy atom. The predicted molar refractivity (Wildman–Crippen MR) is 216 cm³/mol. The van der Waals surface area contributed by atoms with Gasteiger partial charge in [-0.05, 0) is 94.7 Å². The molecule has 314 valence electrons. The summed E-state index contributed by atoms with van der Waals surface area (Å²) in [5.74, 6) is -0.723. The molecule has 1 saturated heterocycles. The monoisotopic (exact) mass is 819 g/mol. The van der Waals surface area contributed by atoms with Crippen LogP contribution in [-0.2, 0) is 30.8 Å². The summed E-state index contributed by atoms with van der Waals surface area (Å²) in [4.78, 5) is 64.8. The van der Waals surface area contributed by atoms with Crippen molar-refractivity contribution in [1.82, 2.24) is 24.8 Å². The number of amides is 4. The van der Waals surface area contributed by atoms with Crippen molar-refractivity contribution in [3.05, 3.63) is 41.6 Å². The highest BCUT2D eigenvalue weighted by Gasteiger charge is 2.64. The number of allylic oxidation sites excluding steroid dienone is 1. The lowest BCUT2D eigenvalue weighted by Gasteiger charge is -2.38. The summed E-state index contributed by atoms with van der Waals surface area (Å²) in [5, 5.41) is 14.5. The summed E-state index contributed by atoms with van der Waals surface area (Å²) in [7, 11) is -2.39. The standard InChI is InChI=1S/C43H57N5O9S/c1-40(2,3)24-48(39(52)53)32-12-10-8-6-7-9-11-27-22-43(27,38(51)46-58(54,55)41(4)19-20-41)45-36(49)33-23-42(25-47(33)37(32)50)18-17-29-30-21-28(56-5)15-16-31(30)44-34(26-13-14-26)35(29)57-42/h9,11,15-16,21,26-27,32-33H,6-8,10,12-14,17-20,22-25H2,1-5H3,(H,45,49)(H,46,51)(H,52,53)/b11-9-/t27-,32+,33+,42-,43-/m1/s1. The van der Waals surface area contributed by atoms with Crippen molar-refractivity contribution in [3.8, 4) is 11.5 Å². The number of hydrogen-bond acceptors (Lipinski definition) is 9. The molecular formula is C43H57N5O9S. The van der Waals surface area contributed by atoms with Gasteiger partial charge in [0, 0.05) is 35.8 Å². The molecule has 1 aromatic heterocycles. The average molecular weight is 820 g/mol. The lowest BCUT2D eigenvalue weighted by atomic mass is 9.86. The molecule has 15 heteroatoms. The molecule has 0 unspecified atom stereocenters. The minimum absolute atomic E-state index is 0.0261. The van der Waals surface area contributed by atoms with Gasteiger partial charge in [-0.1, -0.05) is 45.8 Å². The first kappa shape index (κ1) is 40.4. The number of ether oxygens (including phenoxy) is 2. The molecule has 4 fully saturated rings. The van der Waals surface area contributed by atoms with Gasteiger partial charge in [0.05, 0.1) is 29.6 Å². The van der Waals surface area contributed by atoms with E-state index in [4.69, 9.17) is 14.5 Å². The Balaban J connectivity index is 1.18. The van der Waals surface area contributed by atoms with Crippen LogP contribution in [0.3, 0.4) is 0 Å². The third-order valence-electron chi connectivity index (χ3n) is 13.2. The van der Waals surface area contributed by atoms with Gasteiger partial charge in [0.15, 0.2) is 0 Å². The number of aromatic nitrogens is 1. The maximum Gasteiger partial charge on any atom is 0.407 e. The molecule has 8 rings (SSSR count). The van der Waals surface area contributed by atoms with Crippen LogP contribution in [0.25, 0.3) is 10.9 Å². The number of carbonyl (C=O) groups excluding carboxylic acids is 3. The molecule has 2 aromatic rings. The molecule has 4 heterocycles. The Hall–Kier alpha value is -4.40. The lowest BCUT2D eigenvalue weighted by molar-refractivity contribution is -0.143. The molecule has 0 radical (unpaired) electrons. The number of nitrogens with zero attached hydrogens (tertiary/aromatic N) is 3. The maximum atomic E-state index is 15.1. The van der Waals surface area contributed by atoms with E-state index < -0.39 is 73.1 Å². The molecular weight excluding hydrogens is 763 g/mol. The number of rotatable bonds is 7. The van der Waals surface area contributed by atoms with E-state index in [0.717, 1.165) is 47.8 Å². The highest BCUT2D eigenvalue weighted by Crippen LogP contribution is 2.52. The Morgan fingerprint density at radius 2 is 1.86 bits per heavy atom. The third-order valence-corrected chi connectivity index (χ3v) is 15.4. The first-order valence-electron chi connectivity index (χ1n) is 20.9. The number of carboxylic acid groups (broad SMARTS) is 1. The molecule has 14 nitrogen and oxygen atoms in total. The van der Waals surface area contributed by atoms with E-state index >= 15 is 4.79 Å². The van der Waals surface area contributed by atoms with Crippen molar-refractivity contribution in [2.45, 2.75) is 145 Å². The molecule has 3 saturated carbocycles. The number of fused-ring (bicyclic) bond motifs is 5. The molecule has 1 spiro atoms. The van der Waals surface area contributed by atoms with Gasteiger partial charge in [-0.2, -0.15) is 0 Å². The number of aryl methyl sites for hydroxylation is 1. The van der Waals surface area contributed by atoms with Gasteiger partial charge in [-0.3, -0.25) is 24.0 Å². The number of benzene rings is 1. The van der Waals surface area contributed by atoms with Crippen molar-refractivity contribution in [2.24, 2.45) is 11.3 Å². The number of methoxy groups -OCH3 is 1. The summed E-state index contributed by atoms with van der Waals surface area (Å²) in [6.45, 7) is 7.50. The minimum atomic E-state index is -4.01. The van der Waals surface area contributed by atoms with Crippen molar-refractivity contribution < 1.29 is 42.2 Å². The van der Waals surface area contributed by atoms with Gasteiger partial charge in [-0.15, -0.1) is 0 Å². The summed E-state index contributed by atoms with van der Waals surface area (Å²) in [6.07, 6.45) is 9.88. The second-order valence-corrected chi connectivity index (χ2v) is 21.3. The zero-order chi connectivity index (χ0) is 41.4. The summed E-state index contributed by atoms with van der Waals surface area (Å²) < 4.78 is 40.5. The Kier molecular flexibility index (Phi) is 10.0. The number of hydrogen-bond donors (Lipinski definition) is 3. The normalized spacial score (nSPS) is 30.1.